The maximum atomic E-state index is 14.0. The molecule has 0 aliphatic heterocycles. The first-order valence-electron chi connectivity index (χ1n) is 5.37. The number of halogens is 2. The van der Waals surface area contributed by atoms with Gasteiger partial charge in [0.1, 0.15) is 6.61 Å². The van der Waals surface area contributed by atoms with Crippen LogP contribution in [0, 0.1) is 11.6 Å². The highest BCUT2D eigenvalue weighted by Crippen LogP contribution is 2.31. The zero-order chi connectivity index (χ0) is 13.8. The van der Waals surface area contributed by atoms with Crippen molar-refractivity contribution in [2.24, 2.45) is 0 Å². The molecule has 19 heavy (non-hydrogen) atoms. The van der Waals surface area contributed by atoms with E-state index in [1.54, 1.807) is 0 Å². The Morgan fingerprint density at radius 2 is 1.79 bits per heavy atom. The minimum Gasteiger partial charge on any atom is -0.494 e. The average molecular weight is 270 g/mol. The van der Waals surface area contributed by atoms with Crippen LogP contribution in [0.1, 0.15) is 5.56 Å². The predicted molar refractivity (Wildman–Crippen MR) is 62.4 cm³/mol. The molecule has 0 atom stereocenters. The van der Waals surface area contributed by atoms with Crippen LogP contribution in [0.15, 0.2) is 18.5 Å². The van der Waals surface area contributed by atoms with Crippen molar-refractivity contribution >= 4 is 0 Å². The van der Waals surface area contributed by atoms with Gasteiger partial charge in [-0.3, -0.25) is 5.10 Å². The Morgan fingerprint density at radius 3 is 2.26 bits per heavy atom. The second-order valence-corrected chi connectivity index (χ2v) is 3.61. The number of H-pyrrole nitrogens is 1. The van der Waals surface area contributed by atoms with E-state index in [-0.39, 0.29) is 23.7 Å². The molecule has 2 rings (SSSR count). The van der Waals surface area contributed by atoms with Gasteiger partial charge in [0.25, 0.3) is 0 Å². The lowest BCUT2D eigenvalue weighted by Crippen LogP contribution is -2.05. The topological polar surface area (TPSA) is 56.4 Å². The van der Waals surface area contributed by atoms with Gasteiger partial charge in [-0.15, -0.1) is 0 Å². The van der Waals surface area contributed by atoms with Crippen LogP contribution in [0.5, 0.6) is 17.2 Å². The molecule has 0 fully saturated rings. The zero-order valence-corrected chi connectivity index (χ0v) is 10.4. The quantitative estimate of drug-likeness (QED) is 0.905. The highest BCUT2D eigenvalue weighted by Gasteiger charge is 2.20. The fourth-order valence-corrected chi connectivity index (χ4v) is 1.54. The number of nitrogens with zero attached hydrogens (tertiary/aromatic N) is 1. The molecule has 1 aromatic carbocycles. The van der Waals surface area contributed by atoms with Gasteiger partial charge in [0.15, 0.2) is 28.9 Å². The maximum Gasteiger partial charge on any atom is 0.174 e. The highest BCUT2D eigenvalue weighted by atomic mass is 19.1. The van der Waals surface area contributed by atoms with Gasteiger partial charge in [-0.2, -0.15) is 5.10 Å². The van der Waals surface area contributed by atoms with Gasteiger partial charge in [-0.25, -0.2) is 8.78 Å². The number of benzene rings is 1. The number of aromatic nitrogens is 2. The van der Waals surface area contributed by atoms with E-state index in [1.807, 2.05) is 0 Å². The van der Waals surface area contributed by atoms with E-state index in [0.29, 0.717) is 5.75 Å². The molecule has 0 amide bonds. The minimum atomic E-state index is -0.815. The molecule has 1 aromatic heterocycles. The molecule has 0 saturated heterocycles. The van der Waals surface area contributed by atoms with Crippen molar-refractivity contribution in [3.63, 3.8) is 0 Å². The summed E-state index contributed by atoms with van der Waals surface area (Å²) in [6, 6.07) is 1.14. The standard InChI is InChI=1S/C12H12F2N2O3/c1-17-9-3-10(18-2)12(14)8(11(9)13)6-19-7-4-15-16-5-7/h3-5H,6H2,1-2H3,(H,15,16). The molecule has 7 heteroatoms. The van der Waals surface area contributed by atoms with E-state index in [0.717, 1.165) is 6.07 Å². The molecule has 102 valence electrons. The molecule has 0 bridgehead atoms. The Labute approximate surface area is 108 Å². The van der Waals surface area contributed by atoms with Gasteiger partial charge >= 0.3 is 0 Å². The predicted octanol–water partition coefficient (Wildman–Crippen LogP) is 2.28. The lowest BCUT2D eigenvalue weighted by Gasteiger charge is -2.12. The average Bonchev–Trinajstić information content (AvgIpc) is 2.92. The van der Waals surface area contributed by atoms with Crippen molar-refractivity contribution in [2.75, 3.05) is 14.2 Å². The van der Waals surface area contributed by atoms with E-state index in [2.05, 4.69) is 10.2 Å². The van der Waals surface area contributed by atoms with E-state index in [1.165, 1.54) is 26.6 Å². The molecule has 0 aliphatic rings. The molecule has 5 nitrogen and oxygen atoms in total. The molecule has 0 radical (unpaired) electrons. The summed E-state index contributed by atoms with van der Waals surface area (Å²) in [5.41, 5.74) is -0.266. The lowest BCUT2D eigenvalue weighted by molar-refractivity contribution is 0.282. The van der Waals surface area contributed by atoms with Crippen LogP contribution in [-0.4, -0.2) is 24.4 Å². The SMILES string of the molecule is COc1cc(OC)c(F)c(COc2cn[nH]c2)c1F. The van der Waals surface area contributed by atoms with Crippen molar-refractivity contribution in [2.45, 2.75) is 6.61 Å². The number of methoxy groups -OCH3 is 2. The normalized spacial score (nSPS) is 10.3. The minimum absolute atomic E-state index is 0.107. The number of hydrogen-bond donors (Lipinski definition) is 1. The number of nitrogens with one attached hydrogen (secondary N) is 1. The Kier molecular flexibility index (Phi) is 3.84. The number of hydrogen-bond acceptors (Lipinski definition) is 4. The van der Waals surface area contributed by atoms with E-state index < -0.39 is 11.6 Å². The number of aromatic amines is 1. The summed E-state index contributed by atoms with van der Waals surface area (Å²) >= 11 is 0. The molecule has 0 aliphatic carbocycles. The fourth-order valence-electron chi connectivity index (χ4n) is 1.54. The molecule has 0 unspecified atom stereocenters. The fraction of sp³-hybridized carbons (Fsp3) is 0.250. The van der Waals surface area contributed by atoms with Gasteiger partial charge in [0.2, 0.25) is 0 Å². The van der Waals surface area contributed by atoms with Crippen LogP contribution in [-0.2, 0) is 6.61 Å². The third-order valence-corrected chi connectivity index (χ3v) is 2.52. The van der Waals surface area contributed by atoms with Crippen LogP contribution in [0.2, 0.25) is 0 Å². The van der Waals surface area contributed by atoms with E-state index in [9.17, 15) is 8.78 Å². The second kappa shape index (κ2) is 5.55. The number of ether oxygens (including phenoxy) is 3. The van der Waals surface area contributed by atoms with Gasteiger partial charge < -0.3 is 14.2 Å². The maximum absolute atomic E-state index is 14.0. The van der Waals surface area contributed by atoms with Gasteiger partial charge in [-0.1, -0.05) is 0 Å². The molecule has 0 saturated carbocycles. The van der Waals surface area contributed by atoms with Crippen LogP contribution < -0.4 is 14.2 Å². The summed E-state index contributed by atoms with van der Waals surface area (Å²) in [5, 5.41) is 6.19. The summed E-state index contributed by atoms with van der Waals surface area (Å²) in [6.07, 6.45) is 2.86. The van der Waals surface area contributed by atoms with Crippen molar-refractivity contribution in [3.8, 4) is 17.2 Å². The Bertz CT molecular complexity index is 530. The van der Waals surface area contributed by atoms with Gasteiger partial charge in [0.05, 0.1) is 32.2 Å². The second-order valence-electron chi connectivity index (χ2n) is 3.61. The summed E-state index contributed by atoms with van der Waals surface area (Å²) in [7, 11) is 2.58. The van der Waals surface area contributed by atoms with Crippen molar-refractivity contribution in [1.82, 2.24) is 10.2 Å². The van der Waals surface area contributed by atoms with Crippen molar-refractivity contribution < 1.29 is 23.0 Å². The molecule has 1 N–H and O–H groups in total. The Hall–Kier alpha value is -2.31. The monoisotopic (exact) mass is 270 g/mol. The smallest absolute Gasteiger partial charge is 0.174 e. The summed E-state index contributed by atoms with van der Waals surface area (Å²) in [4.78, 5) is 0. The largest absolute Gasteiger partial charge is 0.494 e. The third kappa shape index (κ3) is 2.59. The lowest BCUT2D eigenvalue weighted by atomic mass is 10.1. The van der Waals surface area contributed by atoms with E-state index >= 15 is 0 Å². The molecular weight excluding hydrogens is 258 g/mol. The Morgan fingerprint density at radius 1 is 1.16 bits per heavy atom. The highest BCUT2D eigenvalue weighted by molar-refractivity contribution is 5.41. The Balaban J connectivity index is 2.31. The zero-order valence-electron chi connectivity index (χ0n) is 10.4. The van der Waals surface area contributed by atoms with Crippen LogP contribution in [0.4, 0.5) is 8.78 Å². The summed E-state index contributed by atoms with van der Waals surface area (Å²) < 4.78 is 42.8. The molecule has 1 heterocycles. The van der Waals surface area contributed by atoms with Gasteiger partial charge in [0, 0.05) is 6.07 Å². The van der Waals surface area contributed by atoms with Crippen LogP contribution >= 0.6 is 0 Å². The first kappa shape index (κ1) is 13.1. The first-order chi connectivity index (χ1) is 9.17. The van der Waals surface area contributed by atoms with Gasteiger partial charge in [-0.05, 0) is 0 Å². The molecular formula is C12H12F2N2O3. The van der Waals surface area contributed by atoms with Crippen molar-refractivity contribution in [3.05, 3.63) is 35.7 Å². The summed E-state index contributed by atoms with van der Waals surface area (Å²) in [6.45, 7) is -0.301. The van der Waals surface area contributed by atoms with E-state index in [4.69, 9.17) is 14.2 Å². The third-order valence-electron chi connectivity index (χ3n) is 2.52. The first-order valence-corrected chi connectivity index (χ1v) is 5.37. The van der Waals surface area contributed by atoms with Crippen LogP contribution in [0.25, 0.3) is 0 Å². The molecule has 0 spiro atoms. The van der Waals surface area contributed by atoms with Crippen molar-refractivity contribution in [1.29, 1.82) is 0 Å². The number of rotatable bonds is 5. The molecule has 2 aromatic rings. The summed E-state index contributed by atoms with van der Waals surface area (Å²) in [5.74, 6) is -1.47. The van der Waals surface area contributed by atoms with Crippen LogP contribution in [0.3, 0.4) is 0 Å².